The molecule has 0 saturated heterocycles. The average molecular weight is 883 g/mol. The highest BCUT2D eigenvalue weighted by atomic mass is 14.2. The summed E-state index contributed by atoms with van der Waals surface area (Å²) >= 11 is 0. The Bertz CT molecular complexity index is 4330. The molecule has 0 saturated carbocycles. The normalized spacial score (nSPS) is 12.0. The fourth-order valence-corrected chi connectivity index (χ4v) is 12.1. The zero-order valence-corrected chi connectivity index (χ0v) is 38.2. The van der Waals surface area contributed by atoms with Crippen molar-refractivity contribution in [3.05, 3.63) is 255 Å². The van der Waals surface area contributed by atoms with Gasteiger partial charge in [0.05, 0.1) is 0 Å². The summed E-state index contributed by atoms with van der Waals surface area (Å²) in [6, 6.07) is 95.6. The Morgan fingerprint density at radius 3 is 0.714 bits per heavy atom. The third-order valence-electron chi connectivity index (χ3n) is 15.3. The predicted molar refractivity (Wildman–Crippen MR) is 303 cm³/mol. The summed E-state index contributed by atoms with van der Waals surface area (Å²) in [5.74, 6) is 0. The van der Waals surface area contributed by atoms with Gasteiger partial charge in [0.1, 0.15) is 0 Å². The van der Waals surface area contributed by atoms with E-state index < -0.39 is 0 Å². The van der Waals surface area contributed by atoms with Crippen LogP contribution in [0.3, 0.4) is 0 Å². The molecule has 0 bridgehead atoms. The number of benzene rings is 15. The first-order chi connectivity index (χ1) is 34.7. The summed E-state index contributed by atoms with van der Waals surface area (Å²) in [6.07, 6.45) is 0. The fraction of sp³-hybridized carbons (Fsp3) is 0. The van der Waals surface area contributed by atoms with Gasteiger partial charge in [0.25, 0.3) is 0 Å². The number of hydrogen-bond acceptors (Lipinski definition) is 0. The van der Waals surface area contributed by atoms with E-state index in [-0.39, 0.29) is 0 Å². The van der Waals surface area contributed by atoms with Gasteiger partial charge in [0, 0.05) is 0 Å². The molecule has 0 amide bonds. The molecule has 322 valence electrons. The number of rotatable bonds is 4. The van der Waals surface area contributed by atoms with Crippen LogP contribution in [-0.4, -0.2) is 0 Å². The highest BCUT2D eigenvalue weighted by Gasteiger charge is 2.21. The predicted octanol–water partition coefficient (Wildman–Crippen LogP) is 19.9. The van der Waals surface area contributed by atoms with Gasteiger partial charge in [0.2, 0.25) is 0 Å². The maximum atomic E-state index is 2.47. The molecule has 0 spiro atoms. The van der Waals surface area contributed by atoms with Crippen LogP contribution in [0.25, 0.3) is 152 Å². The van der Waals surface area contributed by atoms with Gasteiger partial charge in [0.15, 0.2) is 0 Å². The molecule has 0 aromatic heterocycles. The topological polar surface area (TPSA) is 0 Å². The van der Waals surface area contributed by atoms with E-state index in [0.717, 1.165) is 0 Å². The molecule has 0 atom stereocenters. The first-order valence-electron chi connectivity index (χ1n) is 24.4. The van der Waals surface area contributed by atoms with Crippen molar-refractivity contribution in [3.63, 3.8) is 0 Å². The van der Waals surface area contributed by atoms with Crippen LogP contribution < -0.4 is 0 Å². The minimum atomic E-state index is 1.20. The zero-order chi connectivity index (χ0) is 45.9. The van der Waals surface area contributed by atoms with Crippen molar-refractivity contribution in [1.29, 1.82) is 0 Å². The van der Waals surface area contributed by atoms with Crippen molar-refractivity contribution >= 4 is 108 Å². The molecule has 0 aliphatic heterocycles. The molecule has 0 radical (unpaired) electrons. The molecule has 0 heteroatoms. The molecule has 0 fully saturated rings. The number of hydrogen-bond donors (Lipinski definition) is 0. The molecule has 15 aromatic carbocycles. The lowest BCUT2D eigenvalue weighted by molar-refractivity contribution is 1.65. The molecule has 70 heavy (non-hydrogen) atoms. The molecular formula is C70H42. The molecule has 15 aromatic rings. The van der Waals surface area contributed by atoms with Gasteiger partial charge in [-0.3, -0.25) is 0 Å². The van der Waals surface area contributed by atoms with Crippen LogP contribution in [0.2, 0.25) is 0 Å². The molecule has 0 unspecified atom stereocenters. The van der Waals surface area contributed by atoms with Crippen LogP contribution >= 0.6 is 0 Å². The molecule has 0 heterocycles. The van der Waals surface area contributed by atoms with Gasteiger partial charge in [-0.1, -0.05) is 218 Å². The fourth-order valence-electron chi connectivity index (χ4n) is 12.1. The van der Waals surface area contributed by atoms with Crippen LogP contribution in [0.15, 0.2) is 255 Å². The molecule has 0 N–H and O–H groups in total. The van der Waals surface area contributed by atoms with E-state index >= 15 is 0 Å². The van der Waals surface area contributed by atoms with Crippen LogP contribution in [0, 0.1) is 0 Å². The standard InChI is InChI=1S/C70H42/c1-3-15-45-37-51(27-25-43(45)13-1)69-63-35-31-50(48-30-34-62-58-22-8-6-18-54(58)56-20-10-12-24-60(56)66(62)40-48)42-68(63)70(52-28-26-44-14-2-4-16-46(44)38-52)64-36-32-49(41-67(64)69)47-29-33-61-57-21-7-5-17-53(57)55-19-9-11-23-59(55)65(61)39-47/h1-42H. The van der Waals surface area contributed by atoms with E-state index in [4.69, 9.17) is 0 Å². The molecule has 0 nitrogen and oxygen atoms in total. The third kappa shape index (κ3) is 5.90. The SMILES string of the molecule is c1ccc2cc(-c3c4ccc(-c5ccc6c7ccccc7c7ccccc7c6c5)cc4c(-c4ccc5ccccc5c4)c4ccc(-c5ccc6c7ccccc7c7ccccc7c6c5)cc34)ccc2c1. The van der Waals surface area contributed by atoms with Gasteiger partial charge in [-0.15, -0.1) is 0 Å². The van der Waals surface area contributed by atoms with E-state index in [2.05, 4.69) is 255 Å². The van der Waals surface area contributed by atoms with Crippen LogP contribution in [0.4, 0.5) is 0 Å². The number of fused-ring (bicyclic) bond motifs is 16. The lowest BCUT2D eigenvalue weighted by Crippen LogP contribution is -1.93. The smallest absolute Gasteiger partial charge is 0.00259 e. The van der Waals surface area contributed by atoms with Gasteiger partial charge >= 0.3 is 0 Å². The third-order valence-corrected chi connectivity index (χ3v) is 15.3. The van der Waals surface area contributed by atoms with Crippen molar-refractivity contribution in [1.82, 2.24) is 0 Å². The highest BCUT2D eigenvalue weighted by molar-refractivity contribution is 6.28. The second-order valence-electron chi connectivity index (χ2n) is 19.1. The Labute approximate surface area is 404 Å². The molecule has 0 aliphatic carbocycles. The largest absolute Gasteiger partial charge is 0.0616 e. The van der Waals surface area contributed by atoms with Crippen molar-refractivity contribution in [2.24, 2.45) is 0 Å². The van der Waals surface area contributed by atoms with Gasteiger partial charge < -0.3 is 0 Å². The van der Waals surface area contributed by atoms with E-state index in [1.165, 1.54) is 152 Å². The molecular weight excluding hydrogens is 841 g/mol. The Balaban J connectivity index is 1.03. The lowest BCUT2D eigenvalue weighted by Gasteiger charge is -2.20. The molecule has 0 aliphatic rings. The van der Waals surface area contributed by atoms with Crippen LogP contribution in [-0.2, 0) is 0 Å². The van der Waals surface area contributed by atoms with Crippen molar-refractivity contribution in [2.45, 2.75) is 0 Å². The summed E-state index contributed by atoms with van der Waals surface area (Å²) in [4.78, 5) is 0. The monoisotopic (exact) mass is 882 g/mol. The Morgan fingerprint density at radius 2 is 0.371 bits per heavy atom. The van der Waals surface area contributed by atoms with E-state index in [0.29, 0.717) is 0 Å². The quantitative estimate of drug-likeness (QED) is 0.122. The van der Waals surface area contributed by atoms with Crippen molar-refractivity contribution < 1.29 is 0 Å². The maximum absolute atomic E-state index is 2.47. The molecule has 15 rings (SSSR count). The summed E-state index contributed by atoms with van der Waals surface area (Å²) < 4.78 is 0. The van der Waals surface area contributed by atoms with Gasteiger partial charge in [-0.25, -0.2) is 0 Å². The highest BCUT2D eigenvalue weighted by Crippen LogP contribution is 2.48. The first kappa shape index (κ1) is 38.9. The Hall–Kier alpha value is -9.10. The van der Waals surface area contributed by atoms with Crippen LogP contribution in [0.5, 0.6) is 0 Å². The zero-order valence-electron chi connectivity index (χ0n) is 38.2. The van der Waals surface area contributed by atoms with Gasteiger partial charge in [-0.2, -0.15) is 0 Å². The van der Waals surface area contributed by atoms with E-state index in [9.17, 15) is 0 Å². The Kier molecular flexibility index (Phi) is 8.46. The van der Waals surface area contributed by atoms with Crippen LogP contribution in [0.1, 0.15) is 0 Å². The lowest BCUT2D eigenvalue weighted by atomic mass is 9.83. The van der Waals surface area contributed by atoms with Crippen molar-refractivity contribution in [3.8, 4) is 44.5 Å². The average Bonchev–Trinajstić information content (AvgIpc) is 3.43. The van der Waals surface area contributed by atoms with Gasteiger partial charge in [-0.05, 0) is 189 Å². The Morgan fingerprint density at radius 1 is 0.129 bits per heavy atom. The van der Waals surface area contributed by atoms with Crippen molar-refractivity contribution in [2.75, 3.05) is 0 Å². The maximum Gasteiger partial charge on any atom is -0.00259 e. The second-order valence-corrected chi connectivity index (χ2v) is 19.1. The van der Waals surface area contributed by atoms with E-state index in [1.54, 1.807) is 0 Å². The summed E-state index contributed by atoms with van der Waals surface area (Å²) in [5, 5.41) is 25.3. The second kappa shape index (κ2) is 15.2. The first-order valence-corrected chi connectivity index (χ1v) is 24.4. The minimum Gasteiger partial charge on any atom is -0.0616 e. The van der Waals surface area contributed by atoms with E-state index in [1.807, 2.05) is 0 Å². The minimum absolute atomic E-state index is 1.20. The summed E-state index contributed by atoms with van der Waals surface area (Å²) in [6.45, 7) is 0. The summed E-state index contributed by atoms with van der Waals surface area (Å²) in [7, 11) is 0. The summed E-state index contributed by atoms with van der Waals surface area (Å²) in [5.41, 5.74) is 9.74.